The SMILES string of the molecule is Cc1ccc(Cn2cc([C@H]3OCCN3Cc3ccccc3)nn2)cc1. The number of ether oxygens (including phenoxy) is 1. The normalized spacial score (nSPS) is 17.9. The molecule has 2 aromatic carbocycles. The van der Waals surface area contributed by atoms with E-state index in [1.807, 2.05) is 16.9 Å². The molecule has 5 nitrogen and oxygen atoms in total. The Morgan fingerprint density at radius 2 is 1.76 bits per heavy atom. The van der Waals surface area contributed by atoms with E-state index in [2.05, 4.69) is 70.7 Å². The van der Waals surface area contributed by atoms with Crippen LogP contribution in [0.4, 0.5) is 0 Å². The average Bonchev–Trinajstić information content (AvgIpc) is 3.27. The van der Waals surface area contributed by atoms with Gasteiger partial charge in [0.1, 0.15) is 5.69 Å². The molecule has 1 fully saturated rings. The second-order valence-corrected chi connectivity index (χ2v) is 6.51. The van der Waals surface area contributed by atoms with Crippen molar-refractivity contribution in [2.24, 2.45) is 0 Å². The van der Waals surface area contributed by atoms with E-state index in [-0.39, 0.29) is 6.23 Å². The highest BCUT2D eigenvalue weighted by atomic mass is 16.5. The van der Waals surface area contributed by atoms with E-state index in [4.69, 9.17) is 4.74 Å². The largest absolute Gasteiger partial charge is 0.356 e. The van der Waals surface area contributed by atoms with Crippen molar-refractivity contribution in [3.05, 3.63) is 83.2 Å². The first-order valence-corrected chi connectivity index (χ1v) is 8.63. The van der Waals surface area contributed by atoms with Crippen molar-refractivity contribution in [3.8, 4) is 0 Å². The van der Waals surface area contributed by atoms with Crippen molar-refractivity contribution in [1.82, 2.24) is 19.9 Å². The van der Waals surface area contributed by atoms with E-state index < -0.39 is 0 Å². The van der Waals surface area contributed by atoms with Crippen LogP contribution in [0.25, 0.3) is 0 Å². The number of nitrogens with zero attached hydrogens (tertiary/aromatic N) is 4. The van der Waals surface area contributed by atoms with Gasteiger partial charge in [-0.15, -0.1) is 5.10 Å². The minimum absolute atomic E-state index is 0.119. The summed E-state index contributed by atoms with van der Waals surface area (Å²) in [5.74, 6) is 0. The van der Waals surface area contributed by atoms with Gasteiger partial charge in [-0.1, -0.05) is 65.4 Å². The summed E-state index contributed by atoms with van der Waals surface area (Å²) in [6.07, 6.45) is 1.88. The highest BCUT2D eigenvalue weighted by molar-refractivity contribution is 5.21. The van der Waals surface area contributed by atoms with Crippen LogP contribution in [-0.4, -0.2) is 33.0 Å². The molecule has 1 atom stereocenters. The number of benzene rings is 2. The summed E-state index contributed by atoms with van der Waals surface area (Å²) in [5, 5.41) is 8.63. The van der Waals surface area contributed by atoms with Gasteiger partial charge >= 0.3 is 0 Å². The number of aromatic nitrogens is 3. The van der Waals surface area contributed by atoms with Crippen LogP contribution in [0.3, 0.4) is 0 Å². The van der Waals surface area contributed by atoms with Gasteiger partial charge in [-0.3, -0.25) is 4.90 Å². The van der Waals surface area contributed by atoms with E-state index >= 15 is 0 Å². The molecule has 0 N–H and O–H groups in total. The van der Waals surface area contributed by atoms with Gasteiger partial charge in [-0.05, 0) is 18.1 Å². The van der Waals surface area contributed by atoms with E-state index in [1.165, 1.54) is 16.7 Å². The first-order chi connectivity index (χ1) is 12.3. The molecule has 25 heavy (non-hydrogen) atoms. The molecule has 0 aliphatic carbocycles. The van der Waals surface area contributed by atoms with Crippen molar-refractivity contribution in [2.45, 2.75) is 26.2 Å². The maximum atomic E-state index is 5.91. The second kappa shape index (κ2) is 7.17. The van der Waals surface area contributed by atoms with Crippen LogP contribution in [0.15, 0.2) is 60.8 Å². The number of rotatable bonds is 5. The van der Waals surface area contributed by atoms with Crippen LogP contribution in [-0.2, 0) is 17.8 Å². The van der Waals surface area contributed by atoms with E-state index in [0.29, 0.717) is 0 Å². The summed E-state index contributed by atoms with van der Waals surface area (Å²) < 4.78 is 7.79. The minimum atomic E-state index is -0.119. The van der Waals surface area contributed by atoms with Gasteiger partial charge in [0.25, 0.3) is 0 Å². The lowest BCUT2D eigenvalue weighted by atomic mass is 10.1. The summed E-state index contributed by atoms with van der Waals surface area (Å²) in [6.45, 7) is 5.30. The molecule has 0 bridgehead atoms. The third-order valence-electron chi connectivity index (χ3n) is 4.49. The van der Waals surface area contributed by atoms with Gasteiger partial charge < -0.3 is 4.74 Å². The maximum absolute atomic E-state index is 5.91. The third kappa shape index (κ3) is 3.78. The predicted octanol–water partition coefficient (Wildman–Crippen LogP) is 3.17. The number of aryl methyl sites for hydroxylation is 1. The Morgan fingerprint density at radius 1 is 1.00 bits per heavy atom. The van der Waals surface area contributed by atoms with E-state index in [0.717, 1.165) is 31.9 Å². The first kappa shape index (κ1) is 16.0. The maximum Gasteiger partial charge on any atom is 0.157 e. The van der Waals surface area contributed by atoms with Crippen LogP contribution >= 0.6 is 0 Å². The van der Waals surface area contributed by atoms with Crippen LogP contribution in [0.2, 0.25) is 0 Å². The molecule has 1 aromatic heterocycles. The smallest absolute Gasteiger partial charge is 0.157 e. The topological polar surface area (TPSA) is 43.2 Å². The van der Waals surface area contributed by atoms with Gasteiger partial charge in [0.2, 0.25) is 0 Å². The fourth-order valence-electron chi connectivity index (χ4n) is 3.14. The lowest BCUT2D eigenvalue weighted by molar-refractivity contribution is 0.0252. The van der Waals surface area contributed by atoms with Crippen molar-refractivity contribution in [2.75, 3.05) is 13.2 Å². The molecule has 5 heteroatoms. The minimum Gasteiger partial charge on any atom is -0.356 e. The zero-order chi connectivity index (χ0) is 17.1. The second-order valence-electron chi connectivity index (χ2n) is 6.51. The molecule has 128 valence electrons. The molecule has 0 radical (unpaired) electrons. The van der Waals surface area contributed by atoms with Gasteiger partial charge in [0.15, 0.2) is 6.23 Å². The molecular weight excluding hydrogens is 312 g/mol. The highest BCUT2D eigenvalue weighted by Crippen LogP contribution is 2.26. The van der Waals surface area contributed by atoms with E-state index in [9.17, 15) is 0 Å². The van der Waals surface area contributed by atoms with Crippen LogP contribution in [0, 0.1) is 6.92 Å². The molecule has 4 rings (SSSR count). The quantitative estimate of drug-likeness (QED) is 0.719. The molecule has 1 aliphatic rings. The Kier molecular flexibility index (Phi) is 4.59. The van der Waals surface area contributed by atoms with Crippen molar-refractivity contribution in [3.63, 3.8) is 0 Å². The lowest BCUT2D eigenvalue weighted by Crippen LogP contribution is -2.23. The monoisotopic (exact) mass is 334 g/mol. The predicted molar refractivity (Wildman–Crippen MR) is 95.8 cm³/mol. The number of hydrogen-bond acceptors (Lipinski definition) is 4. The first-order valence-electron chi connectivity index (χ1n) is 8.63. The van der Waals surface area contributed by atoms with Crippen LogP contribution < -0.4 is 0 Å². The van der Waals surface area contributed by atoms with Crippen molar-refractivity contribution < 1.29 is 4.74 Å². The van der Waals surface area contributed by atoms with Crippen molar-refractivity contribution >= 4 is 0 Å². The summed E-state index contributed by atoms with van der Waals surface area (Å²) >= 11 is 0. The summed E-state index contributed by atoms with van der Waals surface area (Å²) in [5.41, 5.74) is 4.64. The Labute approximate surface area is 147 Å². The van der Waals surface area contributed by atoms with Gasteiger partial charge in [-0.25, -0.2) is 4.68 Å². The Hall–Kier alpha value is -2.50. The molecule has 0 amide bonds. The van der Waals surface area contributed by atoms with Crippen LogP contribution in [0.1, 0.15) is 28.6 Å². The third-order valence-corrected chi connectivity index (χ3v) is 4.49. The number of hydrogen-bond donors (Lipinski definition) is 0. The summed E-state index contributed by atoms with van der Waals surface area (Å²) in [6, 6.07) is 19.0. The van der Waals surface area contributed by atoms with E-state index in [1.54, 1.807) is 0 Å². The van der Waals surface area contributed by atoms with Gasteiger partial charge in [0, 0.05) is 13.1 Å². The molecule has 1 saturated heterocycles. The fourth-order valence-corrected chi connectivity index (χ4v) is 3.14. The zero-order valence-corrected chi connectivity index (χ0v) is 14.4. The molecule has 3 aromatic rings. The average molecular weight is 334 g/mol. The van der Waals surface area contributed by atoms with Crippen molar-refractivity contribution in [1.29, 1.82) is 0 Å². The standard InChI is InChI=1S/C20H22N4O/c1-16-7-9-18(10-8-16)14-24-15-19(21-22-24)20-23(11-12-25-20)13-17-5-3-2-4-6-17/h2-10,15,20H,11-14H2,1H3/t20-/m1/s1. The lowest BCUT2D eigenvalue weighted by Gasteiger charge is -2.20. The Bertz CT molecular complexity index is 813. The van der Waals surface area contributed by atoms with Crippen LogP contribution in [0.5, 0.6) is 0 Å². The molecule has 0 unspecified atom stereocenters. The molecule has 2 heterocycles. The zero-order valence-electron chi connectivity index (χ0n) is 14.4. The molecular formula is C20H22N4O. The molecule has 1 aliphatic heterocycles. The fraction of sp³-hybridized carbons (Fsp3) is 0.300. The highest BCUT2D eigenvalue weighted by Gasteiger charge is 2.29. The molecule has 0 saturated carbocycles. The summed E-state index contributed by atoms with van der Waals surface area (Å²) in [7, 11) is 0. The Balaban J connectivity index is 1.46. The summed E-state index contributed by atoms with van der Waals surface area (Å²) in [4.78, 5) is 2.30. The van der Waals surface area contributed by atoms with Gasteiger partial charge in [0.05, 0.1) is 19.3 Å². The molecule has 0 spiro atoms. The Morgan fingerprint density at radius 3 is 2.56 bits per heavy atom. The van der Waals surface area contributed by atoms with Gasteiger partial charge in [-0.2, -0.15) is 0 Å².